The Morgan fingerprint density at radius 1 is 0.958 bits per heavy atom. The fourth-order valence-corrected chi connectivity index (χ4v) is 2.22. The van der Waals surface area contributed by atoms with Crippen LogP contribution in [0.4, 0.5) is 4.79 Å². The van der Waals surface area contributed by atoms with E-state index in [0.717, 1.165) is 17.9 Å². The van der Waals surface area contributed by atoms with Crippen molar-refractivity contribution >= 4 is 6.03 Å². The van der Waals surface area contributed by atoms with E-state index in [2.05, 4.69) is 27.7 Å². The van der Waals surface area contributed by atoms with Gasteiger partial charge in [0.2, 0.25) is 0 Å². The van der Waals surface area contributed by atoms with Gasteiger partial charge in [0.1, 0.15) is 12.4 Å². The van der Waals surface area contributed by atoms with Crippen molar-refractivity contribution < 1.29 is 9.53 Å². The lowest BCUT2D eigenvalue weighted by molar-refractivity contribution is 0.236. The van der Waals surface area contributed by atoms with Gasteiger partial charge in [-0.2, -0.15) is 0 Å². The number of ether oxygens (including phenoxy) is 1. The van der Waals surface area contributed by atoms with Crippen LogP contribution in [0.1, 0.15) is 11.1 Å². The number of amides is 2. The Kier molecular flexibility index (Phi) is 7.11. The van der Waals surface area contributed by atoms with Crippen LogP contribution in [0.5, 0.6) is 5.75 Å². The third-order valence-corrected chi connectivity index (χ3v) is 3.37. The molecule has 0 aliphatic heterocycles. The molecule has 2 aromatic rings. The second kappa shape index (κ2) is 9.57. The van der Waals surface area contributed by atoms with E-state index < -0.39 is 0 Å². The second-order valence-corrected chi connectivity index (χ2v) is 5.83. The summed E-state index contributed by atoms with van der Waals surface area (Å²) in [6.07, 6.45) is 0. The molecule has 0 aromatic heterocycles. The number of hydrogen-bond donors (Lipinski definition) is 2. The van der Waals surface area contributed by atoms with Gasteiger partial charge in [0.25, 0.3) is 0 Å². The Balaban J connectivity index is 1.62. The van der Waals surface area contributed by atoms with Crippen molar-refractivity contribution in [3.05, 3.63) is 65.7 Å². The first-order chi connectivity index (χ1) is 11.6. The lowest BCUT2D eigenvalue weighted by Crippen LogP contribution is -2.37. The Morgan fingerprint density at radius 3 is 2.29 bits per heavy atom. The molecule has 2 rings (SSSR count). The van der Waals surface area contributed by atoms with Crippen LogP contribution in [0.15, 0.2) is 54.6 Å². The van der Waals surface area contributed by atoms with Crippen LogP contribution in [-0.2, 0) is 13.1 Å². The van der Waals surface area contributed by atoms with Crippen molar-refractivity contribution in [3.8, 4) is 5.75 Å². The molecule has 0 bridgehead atoms. The zero-order chi connectivity index (χ0) is 17.2. The number of benzene rings is 2. The van der Waals surface area contributed by atoms with E-state index in [1.54, 1.807) is 0 Å². The van der Waals surface area contributed by atoms with Crippen molar-refractivity contribution in [2.24, 2.45) is 0 Å². The monoisotopic (exact) mass is 327 g/mol. The van der Waals surface area contributed by atoms with E-state index in [0.29, 0.717) is 19.7 Å². The first kappa shape index (κ1) is 17.8. The molecule has 0 unspecified atom stereocenters. The van der Waals surface area contributed by atoms with Gasteiger partial charge in [-0.3, -0.25) is 0 Å². The van der Waals surface area contributed by atoms with Gasteiger partial charge in [-0.15, -0.1) is 0 Å². The van der Waals surface area contributed by atoms with Gasteiger partial charge in [0.05, 0.1) is 6.54 Å². The van der Waals surface area contributed by atoms with Crippen LogP contribution in [0.3, 0.4) is 0 Å². The maximum absolute atomic E-state index is 11.8. The third kappa shape index (κ3) is 6.71. The predicted octanol–water partition coefficient (Wildman–Crippen LogP) is 2.63. The quantitative estimate of drug-likeness (QED) is 0.733. The molecule has 0 saturated carbocycles. The summed E-state index contributed by atoms with van der Waals surface area (Å²) in [6.45, 7) is 2.32. The molecule has 0 aliphatic carbocycles. The van der Waals surface area contributed by atoms with Crippen LogP contribution in [0.25, 0.3) is 0 Å². The van der Waals surface area contributed by atoms with Crippen molar-refractivity contribution in [3.63, 3.8) is 0 Å². The molecular weight excluding hydrogens is 302 g/mol. The largest absolute Gasteiger partial charge is 0.492 e. The fraction of sp³-hybridized carbons (Fsp3) is 0.316. The Labute approximate surface area is 143 Å². The van der Waals surface area contributed by atoms with Crippen molar-refractivity contribution in [1.29, 1.82) is 0 Å². The first-order valence-corrected chi connectivity index (χ1v) is 8.05. The number of carbonyl (C=O) groups is 1. The highest BCUT2D eigenvalue weighted by atomic mass is 16.5. The molecule has 0 saturated heterocycles. The Bertz CT molecular complexity index is 612. The smallest absolute Gasteiger partial charge is 0.315 e. The highest BCUT2D eigenvalue weighted by molar-refractivity contribution is 5.73. The molecule has 2 aromatic carbocycles. The average molecular weight is 327 g/mol. The zero-order valence-electron chi connectivity index (χ0n) is 14.3. The van der Waals surface area contributed by atoms with Crippen LogP contribution in [0, 0.1) is 0 Å². The molecule has 2 amide bonds. The fourth-order valence-electron chi connectivity index (χ4n) is 2.22. The van der Waals surface area contributed by atoms with Gasteiger partial charge in [-0.25, -0.2) is 4.79 Å². The summed E-state index contributed by atoms with van der Waals surface area (Å²) in [4.78, 5) is 13.9. The van der Waals surface area contributed by atoms with Gasteiger partial charge >= 0.3 is 6.03 Å². The predicted molar refractivity (Wildman–Crippen MR) is 96.0 cm³/mol. The van der Waals surface area contributed by atoms with Crippen molar-refractivity contribution in [1.82, 2.24) is 15.5 Å². The molecule has 0 aliphatic rings. The lowest BCUT2D eigenvalue weighted by atomic mass is 10.1. The maximum atomic E-state index is 11.8. The van der Waals surface area contributed by atoms with E-state index in [1.165, 1.54) is 5.56 Å². The molecule has 24 heavy (non-hydrogen) atoms. The van der Waals surface area contributed by atoms with Crippen LogP contribution in [0.2, 0.25) is 0 Å². The summed E-state index contributed by atoms with van der Waals surface area (Å²) in [5, 5.41) is 5.62. The highest BCUT2D eigenvalue weighted by Gasteiger charge is 2.01. The van der Waals surface area contributed by atoms with E-state index in [9.17, 15) is 4.79 Å². The van der Waals surface area contributed by atoms with Gasteiger partial charge in [-0.1, -0.05) is 42.5 Å². The van der Waals surface area contributed by atoms with Gasteiger partial charge in [0.15, 0.2) is 0 Å². The number of rotatable bonds is 8. The summed E-state index contributed by atoms with van der Waals surface area (Å²) in [7, 11) is 4.09. The van der Waals surface area contributed by atoms with E-state index in [1.807, 2.05) is 56.6 Å². The number of nitrogens with one attached hydrogen (secondary N) is 2. The minimum absolute atomic E-state index is 0.191. The molecule has 2 N–H and O–H groups in total. The summed E-state index contributed by atoms with van der Waals surface area (Å²) in [6, 6.07) is 17.6. The normalized spacial score (nSPS) is 10.5. The average Bonchev–Trinajstić information content (AvgIpc) is 2.58. The number of carbonyl (C=O) groups excluding carboxylic acids is 1. The first-order valence-electron chi connectivity index (χ1n) is 8.05. The Hall–Kier alpha value is -2.53. The van der Waals surface area contributed by atoms with Crippen molar-refractivity contribution in [2.75, 3.05) is 27.2 Å². The molecule has 5 nitrogen and oxygen atoms in total. The molecule has 128 valence electrons. The second-order valence-electron chi connectivity index (χ2n) is 5.83. The Morgan fingerprint density at radius 2 is 1.62 bits per heavy atom. The lowest BCUT2D eigenvalue weighted by Gasteiger charge is -2.11. The zero-order valence-corrected chi connectivity index (χ0v) is 14.3. The molecule has 0 heterocycles. The molecule has 0 radical (unpaired) electrons. The van der Waals surface area contributed by atoms with Crippen LogP contribution in [-0.4, -0.2) is 38.2 Å². The summed E-state index contributed by atoms with van der Waals surface area (Å²) in [5.41, 5.74) is 2.33. The highest BCUT2D eigenvalue weighted by Crippen LogP contribution is 2.07. The molecule has 5 heteroatoms. The molecular formula is C19H25N3O2. The SMILES string of the molecule is CN(C)Cc1ccc(CNC(=O)NCCOc2ccccc2)cc1. The number of urea groups is 1. The molecule has 0 fully saturated rings. The third-order valence-electron chi connectivity index (χ3n) is 3.37. The van der Waals surface area contributed by atoms with Gasteiger partial charge in [-0.05, 0) is 37.4 Å². The summed E-state index contributed by atoms with van der Waals surface area (Å²) in [5.74, 6) is 0.803. The summed E-state index contributed by atoms with van der Waals surface area (Å²) < 4.78 is 5.52. The summed E-state index contributed by atoms with van der Waals surface area (Å²) >= 11 is 0. The van der Waals surface area contributed by atoms with Crippen LogP contribution < -0.4 is 15.4 Å². The van der Waals surface area contributed by atoms with E-state index >= 15 is 0 Å². The molecule has 0 atom stereocenters. The minimum atomic E-state index is -0.191. The van der Waals surface area contributed by atoms with E-state index in [-0.39, 0.29) is 6.03 Å². The van der Waals surface area contributed by atoms with Crippen molar-refractivity contribution in [2.45, 2.75) is 13.1 Å². The van der Waals surface area contributed by atoms with Crippen LogP contribution >= 0.6 is 0 Å². The number of nitrogens with zero attached hydrogens (tertiary/aromatic N) is 1. The number of hydrogen-bond acceptors (Lipinski definition) is 3. The standard InChI is InChI=1S/C19H25N3O2/c1-22(2)15-17-10-8-16(9-11-17)14-21-19(23)20-12-13-24-18-6-4-3-5-7-18/h3-11H,12-15H2,1-2H3,(H2,20,21,23). The van der Waals surface area contributed by atoms with E-state index in [4.69, 9.17) is 4.74 Å². The molecule has 0 spiro atoms. The minimum Gasteiger partial charge on any atom is -0.492 e. The van der Waals surface area contributed by atoms with Gasteiger partial charge in [0, 0.05) is 13.1 Å². The number of para-hydroxylation sites is 1. The van der Waals surface area contributed by atoms with Gasteiger partial charge < -0.3 is 20.3 Å². The topological polar surface area (TPSA) is 53.6 Å². The maximum Gasteiger partial charge on any atom is 0.315 e.